The summed E-state index contributed by atoms with van der Waals surface area (Å²) in [5.41, 5.74) is 0. The van der Waals surface area contributed by atoms with Crippen LogP contribution in [0.2, 0.25) is 0 Å². The fraction of sp³-hybridized carbons (Fsp3) is 0.667. The maximum absolute atomic E-state index is 11.1. The molecule has 0 heterocycles. The van der Waals surface area contributed by atoms with E-state index < -0.39 is 18.1 Å². The van der Waals surface area contributed by atoms with Crippen LogP contribution >= 0.6 is 11.6 Å². The molecule has 0 saturated heterocycles. The number of alkyl halides is 4. The van der Waals surface area contributed by atoms with Crippen molar-refractivity contribution in [1.82, 2.24) is 5.32 Å². The van der Waals surface area contributed by atoms with Crippen LogP contribution in [0.1, 0.15) is 0 Å². The number of halogens is 4. The van der Waals surface area contributed by atoms with Crippen LogP contribution in [0.3, 0.4) is 0 Å². The van der Waals surface area contributed by atoms with Crippen LogP contribution in [0.4, 0.5) is 13.2 Å². The topological polar surface area (TPSA) is 29.1 Å². The highest BCUT2D eigenvalue weighted by atomic mass is 35.5. The molecule has 0 atom stereocenters. The van der Waals surface area contributed by atoms with E-state index in [9.17, 15) is 18.0 Å². The van der Waals surface area contributed by atoms with Gasteiger partial charge in [-0.15, -0.1) is 11.6 Å². The molecule has 0 unspecified atom stereocenters. The first-order chi connectivity index (χ1) is 3.95. The molecule has 0 aliphatic heterocycles. The minimum atomic E-state index is -4.66. The monoisotopic (exact) mass is 161 g/mol. The summed E-state index contributed by atoms with van der Waals surface area (Å²) in [6.45, 7) is 0. The van der Waals surface area contributed by atoms with E-state index in [0.717, 1.165) is 0 Å². The Labute approximate surface area is 54.0 Å². The summed E-state index contributed by atoms with van der Waals surface area (Å²) in [6, 6.07) is 0. The lowest BCUT2D eigenvalue weighted by Crippen LogP contribution is -2.37. The van der Waals surface area contributed by atoms with Crippen molar-refractivity contribution >= 4 is 17.5 Å². The van der Waals surface area contributed by atoms with E-state index >= 15 is 0 Å². The van der Waals surface area contributed by atoms with Crippen molar-refractivity contribution in [3.05, 3.63) is 0 Å². The molecule has 0 aliphatic rings. The Morgan fingerprint density at radius 3 is 2.11 bits per heavy atom. The Morgan fingerprint density at radius 1 is 1.56 bits per heavy atom. The molecular weight excluding hydrogens is 158 g/mol. The van der Waals surface area contributed by atoms with Crippen LogP contribution in [0, 0.1) is 0 Å². The standard InChI is InChI=1S/C3H3ClF3NO/c4-1-2(9)8-3(5,6)7/h1H2,(H,8,9). The minimum Gasteiger partial charge on any atom is -0.273 e. The quantitative estimate of drug-likeness (QED) is 0.449. The molecule has 54 valence electrons. The first-order valence-corrected chi connectivity index (χ1v) is 2.43. The van der Waals surface area contributed by atoms with E-state index in [4.69, 9.17) is 11.6 Å². The van der Waals surface area contributed by atoms with Gasteiger partial charge in [0.25, 0.3) is 0 Å². The van der Waals surface area contributed by atoms with E-state index in [0.29, 0.717) is 5.32 Å². The van der Waals surface area contributed by atoms with Gasteiger partial charge in [-0.2, -0.15) is 13.2 Å². The fourth-order valence-corrected chi connectivity index (χ4v) is 0.258. The van der Waals surface area contributed by atoms with Gasteiger partial charge in [0.05, 0.1) is 0 Å². The van der Waals surface area contributed by atoms with Crippen molar-refractivity contribution in [3.8, 4) is 0 Å². The highest BCUT2D eigenvalue weighted by Crippen LogP contribution is 2.08. The summed E-state index contributed by atoms with van der Waals surface area (Å²) in [5, 5.41) is 0.698. The molecule has 0 aromatic heterocycles. The molecule has 0 fully saturated rings. The molecule has 0 spiro atoms. The zero-order valence-corrected chi connectivity index (χ0v) is 4.88. The summed E-state index contributed by atoms with van der Waals surface area (Å²) in [6.07, 6.45) is -4.66. The minimum absolute atomic E-state index is 0.681. The molecule has 0 saturated carbocycles. The molecule has 6 heteroatoms. The number of amides is 1. The largest absolute Gasteiger partial charge is 0.484 e. The molecule has 1 N–H and O–H groups in total. The Bertz CT molecular complexity index is 112. The Morgan fingerprint density at radius 2 is 2.00 bits per heavy atom. The zero-order valence-electron chi connectivity index (χ0n) is 4.13. The zero-order chi connectivity index (χ0) is 7.49. The number of nitrogens with one attached hydrogen (secondary N) is 1. The van der Waals surface area contributed by atoms with E-state index in [2.05, 4.69) is 0 Å². The lowest BCUT2D eigenvalue weighted by atomic mass is 10.7. The SMILES string of the molecule is O=C(CCl)NC(F)(F)F. The second-order valence-electron chi connectivity index (χ2n) is 1.18. The van der Waals surface area contributed by atoms with Crippen LogP contribution in [0.25, 0.3) is 0 Å². The number of hydrogen-bond acceptors (Lipinski definition) is 1. The summed E-state index contributed by atoms with van der Waals surface area (Å²) in [5.74, 6) is -1.93. The van der Waals surface area contributed by atoms with Crippen LogP contribution < -0.4 is 5.32 Å². The summed E-state index contributed by atoms with van der Waals surface area (Å²) in [4.78, 5) is 9.86. The van der Waals surface area contributed by atoms with Gasteiger partial charge >= 0.3 is 6.30 Å². The second kappa shape index (κ2) is 2.91. The van der Waals surface area contributed by atoms with Gasteiger partial charge in [-0.3, -0.25) is 10.1 Å². The lowest BCUT2D eigenvalue weighted by Gasteiger charge is -2.04. The van der Waals surface area contributed by atoms with Crippen LogP contribution in [0.5, 0.6) is 0 Å². The van der Waals surface area contributed by atoms with Crippen molar-refractivity contribution in [2.45, 2.75) is 6.30 Å². The van der Waals surface area contributed by atoms with Crippen LogP contribution in [-0.2, 0) is 4.79 Å². The normalized spacial score (nSPS) is 11.1. The molecule has 0 aromatic rings. The average molecular weight is 162 g/mol. The van der Waals surface area contributed by atoms with E-state index in [1.54, 1.807) is 0 Å². The second-order valence-corrected chi connectivity index (χ2v) is 1.45. The summed E-state index contributed by atoms with van der Waals surface area (Å²) < 4.78 is 33.3. The maximum atomic E-state index is 11.1. The highest BCUT2D eigenvalue weighted by molar-refractivity contribution is 6.27. The Balaban J connectivity index is 3.60. The van der Waals surface area contributed by atoms with Crippen molar-refractivity contribution in [2.75, 3.05) is 5.88 Å². The summed E-state index contributed by atoms with van der Waals surface area (Å²) in [7, 11) is 0. The lowest BCUT2D eigenvalue weighted by molar-refractivity contribution is -0.168. The molecular formula is C3H3ClF3NO. The number of rotatable bonds is 1. The molecule has 0 bridgehead atoms. The van der Waals surface area contributed by atoms with Gasteiger partial charge in [-0.1, -0.05) is 0 Å². The molecule has 1 amide bonds. The molecule has 9 heavy (non-hydrogen) atoms. The molecule has 0 rings (SSSR count). The first kappa shape index (κ1) is 8.55. The predicted molar refractivity (Wildman–Crippen MR) is 24.9 cm³/mol. The van der Waals surface area contributed by atoms with Gasteiger partial charge in [0.1, 0.15) is 5.88 Å². The van der Waals surface area contributed by atoms with Gasteiger partial charge in [0.2, 0.25) is 5.91 Å². The highest BCUT2D eigenvalue weighted by Gasteiger charge is 2.29. The predicted octanol–water partition coefficient (Wildman–Crippen LogP) is 0.861. The van der Waals surface area contributed by atoms with Crippen LogP contribution in [0.15, 0.2) is 0 Å². The van der Waals surface area contributed by atoms with Gasteiger partial charge in [-0.05, 0) is 0 Å². The fourth-order valence-electron chi connectivity index (χ4n) is 0.191. The van der Waals surface area contributed by atoms with Crippen molar-refractivity contribution < 1.29 is 18.0 Å². The van der Waals surface area contributed by atoms with Crippen molar-refractivity contribution in [1.29, 1.82) is 0 Å². The average Bonchev–Trinajstić information content (AvgIpc) is 1.62. The molecule has 0 radical (unpaired) electrons. The summed E-state index contributed by atoms with van der Waals surface area (Å²) >= 11 is 4.75. The van der Waals surface area contributed by atoms with E-state index in [1.165, 1.54) is 0 Å². The first-order valence-electron chi connectivity index (χ1n) is 1.89. The third-order valence-electron chi connectivity index (χ3n) is 0.403. The molecule has 0 aromatic carbocycles. The number of carbonyl (C=O) groups is 1. The van der Waals surface area contributed by atoms with Crippen molar-refractivity contribution in [2.24, 2.45) is 0 Å². The van der Waals surface area contributed by atoms with E-state index in [1.807, 2.05) is 0 Å². The number of carbonyl (C=O) groups excluding carboxylic acids is 1. The maximum Gasteiger partial charge on any atom is 0.484 e. The molecule has 2 nitrogen and oxygen atoms in total. The van der Waals surface area contributed by atoms with Gasteiger partial charge in [0.15, 0.2) is 0 Å². The third kappa shape index (κ3) is 5.42. The van der Waals surface area contributed by atoms with Crippen molar-refractivity contribution in [3.63, 3.8) is 0 Å². The Kier molecular flexibility index (Phi) is 2.76. The van der Waals surface area contributed by atoms with E-state index in [-0.39, 0.29) is 0 Å². The Hall–Kier alpha value is -0.450. The van der Waals surface area contributed by atoms with Crippen LogP contribution in [-0.4, -0.2) is 18.1 Å². The number of hydrogen-bond donors (Lipinski definition) is 1. The van der Waals surface area contributed by atoms with Gasteiger partial charge < -0.3 is 0 Å². The van der Waals surface area contributed by atoms with Gasteiger partial charge in [0, 0.05) is 0 Å². The molecule has 0 aliphatic carbocycles. The smallest absolute Gasteiger partial charge is 0.273 e. The van der Waals surface area contributed by atoms with Gasteiger partial charge in [-0.25, -0.2) is 0 Å². The third-order valence-corrected chi connectivity index (χ3v) is 0.645.